The van der Waals surface area contributed by atoms with Gasteiger partial charge in [0.15, 0.2) is 0 Å². The van der Waals surface area contributed by atoms with Crippen LogP contribution in [0.3, 0.4) is 0 Å². The van der Waals surface area contributed by atoms with E-state index in [1.807, 2.05) is 49.4 Å². The molecule has 0 unspecified atom stereocenters. The smallest absolute Gasteiger partial charge is 0.134 e. The third kappa shape index (κ3) is 2.44. The molecule has 2 N–H and O–H groups in total. The first-order valence-corrected chi connectivity index (χ1v) is 7.30. The molecule has 0 fully saturated rings. The third-order valence-corrected chi connectivity index (χ3v) is 3.93. The van der Waals surface area contributed by atoms with E-state index < -0.39 is 0 Å². The Kier molecular flexibility index (Phi) is 3.84. The van der Waals surface area contributed by atoms with Crippen LogP contribution in [0.5, 0.6) is 5.75 Å². The van der Waals surface area contributed by atoms with Crippen molar-refractivity contribution in [1.82, 2.24) is 0 Å². The summed E-state index contributed by atoms with van der Waals surface area (Å²) in [6.45, 7) is 2.04. The summed E-state index contributed by atoms with van der Waals surface area (Å²) in [4.78, 5) is 0. The Morgan fingerprint density at radius 3 is 1.91 bits per heavy atom. The van der Waals surface area contributed by atoms with E-state index in [-0.39, 0.29) is 0 Å². The van der Waals surface area contributed by atoms with Crippen molar-refractivity contribution in [2.45, 2.75) is 6.92 Å². The Hall–Kier alpha value is -2.74. The van der Waals surface area contributed by atoms with Gasteiger partial charge in [-0.05, 0) is 29.7 Å². The molecule has 0 aromatic heterocycles. The van der Waals surface area contributed by atoms with Gasteiger partial charge in [0.25, 0.3) is 0 Å². The Morgan fingerprint density at radius 2 is 1.36 bits per heavy atom. The monoisotopic (exact) mass is 289 g/mol. The molecular weight excluding hydrogens is 270 g/mol. The molecule has 110 valence electrons. The Labute approximate surface area is 131 Å². The first-order valence-electron chi connectivity index (χ1n) is 7.30. The fourth-order valence-corrected chi connectivity index (χ4v) is 2.78. The van der Waals surface area contributed by atoms with Gasteiger partial charge in [0.2, 0.25) is 0 Å². The van der Waals surface area contributed by atoms with Gasteiger partial charge in [-0.25, -0.2) is 0 Å². The van der Waals surface area contributed by atoms with E-state index in [0.717, 1.165) is 39.3 Å². The van der Waals surface area contributed by atoms with Crippen LogP contribution in [0.4, 0.5) is 5.69 Å². The van der Waals surface area contributed by atoms with Gasteiger partial charge in [-0.1, -0.05) is 60.7 Å². The lowest BCUT2D eigenvalue weighted by Gasteiger charge is -2.18. The first kappa shape index (κ1) is 14.2. The minimum atomic E-state index is 0.776. The van der Waals surface area contributed by atoms with Crippen molar-refractivity contribution in [1.29, 1.82) is 0 Å². The molecule has 0 spiro atoms. The molecule has 0 aliphatic carbocycles. The molecule has 0 heterocycles. The maximum atomic E-state index is 6.26. The summed E-state index contributed by atoms with van der Waals surface area (Å²) in [6.07, 6.45) is 0. The Bertz CT molecular complexity index is 780. The highest BCUT2D eigenvalue weighted by molar-refractivity contribution is 5.88. The van der Waals surface area contributed by atoms with Crippen molar-refractivity contribution in [2.24, 2.45) is 0 Å². The van der Waals surface area contributed by atoms with E-state index in [1.165, 1.54) is 0 Å². The van der Waals surface area contributed by atoms with Crippen molar-refractivity contribution in [3.8, 4) is 28.0 Å². The number of anilines is 1. The van der Waals surface area contributed by atoms with Crippen LogP contribution in [-0.4, -0.2) is 7.11 Å². The largest absolute Gasteiger partial charge is 0.495 e. The summed E-state index contributed by atoms with van der Waals surface area (Å²) in [5, 5.41) is 0. The van der Waals surface area contributed by atoms with E-state index in [0.29, 0.717) is 0 Å². The maximum absolute atomic E-state index is 6.26. The standard InChI is InChI=1S/C20H19NO/c1-14-18(21)13-17(15-9-5-3-6-10-15)20(22-2)19(14)16-11-7-4-8-12-16/h3-13H,21H2,1-2H3. The minimum absolute atomic E-state index is 0.776. The van der Waals surface area contributed by atoms with Crippen LogP contribution in [0.1, 0.15) is 5.56 Å². The van der Waals surface area contributed by atoms with E-state index in [9.17, 15) is 0 Å². The Balaban J connectivity index is 2.32. The average molecular weight is 289 g/mol. The second-order valence-corrected chi connectivity index (χ2v) is 5.28. The van der Waals surface area contributed by atoms with Gasteiger partial charge in [0.05, 0.1) is 7.11 Å². The van der Waals surface area contributed by atoms with Crippen LogP contribution in [0, 0.1) is 6.92 Å². The number of methoxy groups -OCH3 is 1. The SMILES string of the molecule is COc1c(-c2ccccc2)cc(N)c(C)c1-c1ccccc1. The zero-order chi connectivity index (χ0) is 15.5. The van der Waals surface area contributed by atoms with Crippen LogP contribution in [0.15, 0.2) is 66.7 Å². The average Bonchev–Trinajstić information content (AvgIpc) is 2.58. The van der Waals surface area contributed by atoms with Crippen molar-refractivity contribution in [2.75, 3.05) is 12.8 Å². The maximum Gasteiger partial charge on any atom is 0.134 e. The summed E-state index contributed by atoms with van der Waals surface area (Å²) in [5.41, 5.74) is 12.4. The summed E-state index contributed by atoms with van der Waals surface area (Å²) >= 11 is 0. The molecule has 3 aromatic rings. The molecule has 0 saturated carbocycles. The topological polar surface area (TPSA) is 35.2 Å². The van der Waals surface area contributed by atoms with Gasteiger partial charge in [-0.15, -0.1) is 0 Å². The normalized spacial score (nSPS) is 10.5. The highest BCUT2D eigenvalue weighted by Crippen LogP contribution is 2.43. The van der Waals surface area contributed by atoms with Crippen molar-refractivity contribution in [3.05, 3.63) is 72.3 Å². The lowest BCUT2D eigenvalue weighted by atomic mass is 9.92. The number of nitrogens with two attached hydrogens (primary N) is 1. The summed E-state index contributed by atoms with van der Waals surface area (Å²) < 4.78 is 5.77. The van der Waals surface area contributed by atoms with Gasteiger partial charge in [-0.2, -0.15) is 0 Å². The number of hydrogen-bond donors (Lipinski definition) is 1. The molecule has 3 aromatic carbocycles. The second-order valence-electron chi connectivity index (χ2n) is 5.28. The molecule has 0 bridgehead atoms. The molecular formula is C20H19NO. The van der Waals surface area contributed by atoms with Crippen molar-refractivity contribution < 1.29 is 4.74 Å². The Morgan fingerprint density at radius 1 is 0.818 bits per heavy atom. The lowest BCUT2D eigenvalue weighted by Crippen LogP contribution is -1.99. The predicted molar refractivity (Wildman–Crippen MR) is 93.0 cm³/mol. The van der Waals surface area contributed by atoms with Crippen molar-refractivity contribution in [3.63, 3.8) is 0 Å². The fraction of sp³-hybridized carbons (Fsp3) is 0.100. The van der Waals surface area contributed by atoms with Crippen LogP contribution >= 0.6 is 0 Å². The van der Waals surface area contributed by atoms with Gasteiger partial charge in [-0.3, -0.25) is 0 Å². The molecule has 0 saturated heterocycles. The summed E-state index contributed by atoms with van der Waals surface area (Å²) in [6, 6.07) is 22.4. The second kappa shape index (κ2) is 5.94. The molecule has 22 heavy (non-hydrogen) atoms. The van der Waals surface area contributed by atoms with Gasteiger partial charge in [0, 0.05) is 16.8 Å². The third-order valence-electron chi connectivity index (χ3n) is 3.93. The van der Waals surface area contributed by atoms with Gasteiger partial charge in [0.1, 0.15) is 5.75 Å². The number of hydrogen-bond acceptors (Lipinski definition) is 2. The zero-order valence-electron chi connectivity index (χ0n) is 12.8. The highest BCUT2D eigenvalue weighted by Gasteiger charge is 2.17. The highest BCUT2D eigenvalue weighted by atomic mass is 16.5. The van der Waals surface area contributed by atoms with Crippen LogP contribution in [0.25, 0.3) is 22.3 Å². The predicted octanol–water partition coefficient (Wildman–Crippen LogP) is 4.92. The number of rotatable bonds is 3. The molecule has 3 rings (SSSR count). The van der Waals surface area contributed by atoms with E-state index in [4.69, 9.17) is 10.5 Å². The zero-order valence-corrected chi connectivity index (χ0v) is 12.8. The van der Waals surface area contributed by atoms with E-state index >= 15 is 0 Å². The van der Waals surface area contributed by atoms with Crippen LogP contribution < -0.4 is 10.5 Å². The van der Waals surface area contributed by atoms with Crippen LogP contribution in [-0.2, 0) is 0 Å². The van der Waals surface area contributed by atoms with Crippen molar-refractivity contribution >= 4 is 5.69 Å². The van der Waals surface area contributed by atoms with Gasteiger partial charge < -0.3 is 10.5 Å². The summed E-state index contributed by atoms with van der Waals surface area (Å²) in [7, 11) is 1.71. The molecule has 0 atom stereocenters. The van der Waals surface area contributed by atoms with Gasteiger partial charge >= 0.3 is 0 Å². The summed E-state index contributed by atoms with van der Waals surface area (Å²) in [5.74, 6) is 0.865. The first-order chi connectivity index (χ1) is 10.7. The quantitative estimate of drug-likeness (QED) is 0.695. The number of nitrogen functional groups attached to an aromatic ring is 1. The molecule has 0 radical (unpaired) electrons. The lowest BCUT2D eigenvalue weighted by molar-refractivity contribution is 0.418. The fourth-order valence-electron chi connectivity index (χ4n) is 2.78. The van der Waals surface area contributed by atoms with Crippen LogP contribution in [0.2, 0.25) is 0 Å². The molecule has 2 nitrogen and oxygen atoms in total. The molecule has 2 heteroatoms. The molecule has 0 aliphatic rings. The van der Waals surface area contributed by atoms with E-state index in [2.05, 4.69) is 24.3 Å². The minimum Gasteiger partial charge on any atom is -0.495 e. The number of benzene rings is 3. The van der Waals surface area contributed by atoms with E-state index in [1.54, 1.807) is 7.11 Å². The number of ether oxygens (including phenoxy) is 1. The molecule has 0 amide bonds. The molecule has 0 aliphatic heterocycles.